The molecule has 0 saturated carbocycles. The number of hydrogen-bond acceptors (Lipinski definition) is 8. The number of fused-ring (bicyclic) bond motifs is 2. The number of anilines is 1. The number of benzene rings is 2. The van der Waals surface area contributed by atoms with Gasteiger partial charge in [0.05, 0.1) is 16.6 Å². The molecule has 7 rings (SSSR count). The Hall–Kier alpha value is -3.89. The van der Waals surface area contributed by atoms with Crippen LogP contribution in [0.15, 0.2) is 48.8 Å². The zero-order valence-corrected chi connectivity index (χ0v) is 25.8. The van der Waals surface area contributed by atoms with Gasteiger partial charge in [-0.2, -0.15) is 9.97 Å². The highest BCUT2D eigenvalue weighted by molar-refractivity contribution is 6.36. The van der Waals surface area contributed by atoms with Gasteiger partial charge in [-0.3, -0.25) is 15.0 Å². The molecule has 5 aromatic rings. The van der Waals surface area contributed by atoms with E-state index in [9.17, 15) is 0 Å². The van der Waals surface area contributed by atoms with Gasteiger partial charge in [0.25, 0.3) is 0 Å². The zero-order valence-electron chi connectivity index (χ0n) is 25.1. The first-order chi connectivity index (χ1) is 21.5. The van der Waals surface area contributed by atoms with E-state index < -0.39 is 5.82 Å². The van der Waals surface area contributed by atoms with E-state index in [0.717, 1.165) is 68.2 Å². The van der Waals surface area contributed by atoms with E-state index in [1.807, 2.05) is 42.6 Å². The Bertz CT molecular complexity index is 1800. The van der Waals surface area contributed by atoms with Gasteiger partial charge in [-0.05, 0) is 56.6 Å². The highest BCUT2D eigenvalue weighted by atomic mass is 35.5. The topological polar surface area (TPSA) is 96.0 Å². The number of ether oxygens (including phenoxy) is 1. The molecule has 228 valence electrons. The van der Waals surface area contributed by atoms with Crippen LogP contribution < -0.4 is 9.64 Å². The summed E-state index contributed by atoms with van der Waals surface area (Å²) in [5.74, 6) is 0.276. The fourth-order valence-electron chi connectivity index (χ4n) is 7.18. The molecule has 0 aliphatic carbocycles. The van der Waals surface area contributed by atoms with Crippen molar-refractivity contribution in [1.82, 2.24) is 35.3 Å². The van der Waals surface area contributed by atoms with Crippen molar-refractivity contribution in [3.63, 3.8) is 0 Å². The smallest absolute Gasteiger partial charge is 0.319 e. The largest absolute Gasteiger partial charge is 0.461 e. The molecular formula is C33H36ClFN8O. The van der Waals surface area contributed by atoms with Gasteiger partial charge < -0.3 is 9.64 Å². The van der Waals surface area contributed by atoms with Crippen LogP contribution in [0.4, 0.5) is 10.2 Å². The number of likely N-dealkylation sites (N-methyl/N-ethyl adjacent to an activating group) is 1. The van der Waals surface area contributed by atoms with Crippen LogP contribution in [0.25, 0.3) is 32.9 Å². The lowest BCUT2D eigenvalue weighted by atomic mass is 9.94. The second-order valence-corrected chi connectivity index (χ2v) is 12.3. The maximum absolute atomic E-state index is 16.7. The molecule has 2 saturated heterocycles. The molecule has 2 fully saturated rings. The lowest BCUT2D eigenvalue weighted by Gasteiger charge is -2.37. The van der Waals surface area contributed by atoms with Crippen molar-refractivity contribution in [1.29, 1.82) is 0 Å². The summed E-state index contributed by atoms with van der Waals surface area (Å²) in [5.41, 5.74) is 1.83. The van der Waals surface area contributed by atoms with Gasteiger partial charge in [0.1, 0.15) is 23.6 Å². The van der Waals surface area contributed by atoms with Gasteiger partial charge in [-0.1, -0.05) is 61.0 Å². The maximum Gasteiger partial charge on any atom is 0.319 e. The van der Waals surface area contributed by atoms with E-state index in [4.69, 9.17) is 26.3 Å². The fraction of sp³-hybridized carbons (Fsp3) is 0.424. The van der Waals surface area contributed by atoms with Crippen LogP contribution in [0.2, 0.25) is 5.02 Å². The van der Waals surface area contributed by atoms with Crippen LogP contribution in [0.3, 0.4) is 0 Å². The number of aromatic nitrogens is 6. The average Bonchev–Trinajstić information content (AvgIpc) is 3.75. The van der Waals surface area contributed by atoms with Crippen molar-refractivity contribution in [2.24, 2.45) is 0 Å². The number of hydrogen-bond donors (Lipinski definition) is 1. The molecule has 1 N–H and O–H groups in total. The predicted octanol–water partition coefficient (Wildman–Crippen LogP) is 6.78. The molecule has 0 radical (unpaired) electrons. The number of nitrogens with one attached hydrogen (secondary N) is 1. The monoisotopic (exact) mass is 614 g/mol. The third-order valence-electron chi connectivity index (χ3n) is 9.58. The Balaban J connectivity index is 1.34. The van der Waals surface area contributed by atoms with Crippen molar-refractivity contribution in [3.05, 3.63) is 65.3 Å². The lowest BCUT2D eigenvalue weighted by Crippen LogP contribution is -2.48. The molecule has 2 atom stereocenters. The van der Waals surface area contributed by atoms with E-state index in [1.165, 1.54) is 0 Å². The molecule has 44 heavy (non-hydrogen) atoms. The average molecular weight is 615 g/mol. The molecule has 2 unspecified atom stereocenters. The fourth-order valence-corrected chi connectivity index (χ4v) is 7.46. The molecule has 2 aliphatic heterocycles. The number of likely N-dealkylation sites (tertiary alicyclic amines) is 1. The van der Waals surface area contributed by atoms with Gasteiger partial charge in [0, 0.05) is 47.4 Å². The van der Waals surface area contributed by atoms with Gasteiger partial charge in [0.2, 0.25) is 0 Å². The molecule has 0 amide bonds. The van der Waals surface area contributed by atoms with E-state index in [2.05, 4.69) is 44.0 Å². The minimum atomic E-state index is -0.519. The zero-order chi connectivity index (χ0) is 30.3. The van der Waals surface area contributed by atoms with Crippen LogP contribution in [0, 0.1) is 5.82 Å². The summed E-state index contributed by atoms with van der Waals surface area (Å²) in [7, 11) is 0. The molecule has 2 aliphatic rings. The number of nitrogens with zero attached hydrogens (tertiary/aromatic N) is 7. The van der Waals surface area contributed by atoms with Crippen molar-refractivity contribution in [2.45, 2.75) is 57.4 Å². The number of rotatable bonds is 8. The second kappa shape index (κ2) is 11.9. The highest BCUT2D eigenvalue weighted by Gasteiger charge is 2.39. The molecule has 3 aromatic heterocycles. The summed E-state index contributed by atoms with van der Waals surface area (Å²) < 4.78 is 23.2. The van der Waals surface area contributed by atoms with Gasteiger partial charge >= 0.3 is 6.01 Å². The number of pyridine rings is 1. The molecular weight excluding hydrogens is 579 g/mol. The van der Waals surface area contributed by atoms with E-state index in [1.54, 1.807) is 6.20 Å². The summed E-state index contributed by atoms with van der Waals surface area (Å²) in [4.78, 5) is 19.0. The third-order valence-corrected chi connectivity index (χ3v) is 9.89. The Morgan fingerprint density at radius 3 is 2.77 bits per heavy atom. The summed E-state index contributed by atoms with van der Waals surface area (Å²) in [6, 6.07) is 11.5. The van der Waals surface area contributed by atoms with Crippen LogP contribution in [0.1, 0.15) is 57.6 Å². The van der Waals surface area contributed by atoms with Crippen LogP contribution >= 0.6 is 11.6 Å². The quantitative estimate of drug-likeness (QED) is 0.204. The van der Waals surface area contributed by atoms with Crippen molar-refractivity contribution in [3.8, 4) is 17.3 Å². The predicted molar refractivity (Wildman–Crippen MR) is 171 cm³/mol. The number of aromatic amines is 1. The van der Waals surface area contributed by atoms with Crippen LogP contribution in [-0.4, -0.2) is 73.6 Å². The molecule has 2 aromatic carbocycles. The maximum atomic E-state index is 16.7. The van der Waals surface area contributed by atoms with Gasteiger partial charge in [0.15, 0.2) is 5.82 Å². The Morgan fingerprint density at radius 1 is 1.11 bits per heavy atom. The van der Waals surface area contributed by atoms with E-state index in [-0.39, 0.29) is 28.7 Å². The SMILES string of the molecule is CCN1CCCC1(CC)COc1nc(N2CCCC(c3c[nH]nn3)C2)c2cnc(-c3cccc4cccc(Cl)c34)c(F)c2n1. The van der Waals surface area contributed by atoms with E-state index in [0.29, 0.717) is 34.9 Å². The minimum absolute atomic E-state index is 0.0853. The summed E-state index contributed by atoms with van der Waals surface area (Å²) in [6.45, 7) is 8.28. The van der Waals surface area contributed by atoms with E-state index >= 15 is 4.39 Å². The lowest BCUT2D eigenvalue weighted by molar-refractivity contribution is 0.0717. The number of H-pyrrole nitrogens is 1. The van der Waals surface area contributed by atoms with Gasteiger partial charge in [-0.25, -0.2) is 4.39 Å². The molecule has 0 spiro atoms. The summed E-state index contributed by atoms with van der Waals surface area (Å²) in [5, 5.41) is 13.8. The first kappa shape index (κ1) is 28.9. The summed E-state index contributed by atoms with van der Waals surface area (Å²) in [6.07, 6.45) is 8.58. The molecule has 0 bridgehead atoms. The standard InChI is InChI=1S/C33H36ClFN8O/c1-3-33(14-8-16-43(33)4-2)20-44-32-38-30-24(31(39-32)42-15-7-11-22(19-42)26-18-37-41-40-26)17-36-29(28(30)35)23-12-5-9-21-10-6-13-25(34)27(21)23/h5-6,9-10,12-13,17-18,22H,3-4,7-8,11,14-16,19-20H2,1-2H3,(H,37,40,41). The Kier molecular flexibility index (Phi) is 7.80. The van der Waals surface area contributed by atoms with Crippen LogP contribution in [-0.2, 0) is 0 Å². The Labute approximate surface area is 260 Å². The summed E-state index contributed by atoms with van der Waals surface area (Å²) >= 11 is 6.63. The number of piperidine rings is 1. The highest BCUT2D eigenvalue weighted by Crippen LogP contribution is 2.39. The first-order valence-corrected chi connectivity index (χ1v) is 15.9. The van der Waals surface area contributed by atoms with Crippen molar-refractivity contribution in [2.75, 3.05) is 37.7 Å². The van der Waals surface area contributed by atoms with Gasteiger partial charge in [-0.15, -0.1) is 5.10 Å². The van der Waals surface area contributed by atoms with Crippen molar-refractivity contribution >= 4 is 39.1 Å². The first-order valence-electron chi connectivity index (χ1n) is 15.5. The third kappa shape index (κ3) is 5.03. The molecule has 5 heterocycles. The molecule has 11 heteroatoms. The number of halogens is 2. The normalized spacial score (nSPS) is 21.0. The Morgan fingerprint density at radius 2 is 1.98 bits per heavy atom. The van der Waals surface area contributed by atoms with Crippen LogP contribution in [0.5, 0.6) is 6.01 Å². The minimum Gasteiger partial charge on any atom is -0.461 e. The second-order valence-electron chi connectivity index (χ2n) is 11.9. The molecule has 9 nitrogen and oxygen atoms in total. The van der Waals surface area contributed by atoms with Crippen molar-refractivity contribution < 1.29 is 9.13 Å².